The molecule has 1 aromatic heterocycles. The fraction of sp³-hybridized carbons (Fsp3) is 0.435. The van der Waals surface area contributed by atoms with E-state index in [4.69, 9.17) is 4.99 Å². The third-order valence-corrected chi connectivity index (χ3v) is 7.29. The van der Waals surface area contributed by atoms with E-state index in [1.54, 1.807) is 0 Å². The molecule has 0 radical (unpaired) electrons. The van der Waals surface area contributed by atoms with Crippen molar-refractivity contribution in [2.75, 3.05) is 56.5 Å². The number of nitrogens with one attached hydrogen (secondary N) is 2. The third kappa shape index (κ3) is 3.85. The number of nitrogens with zero attached hydrogens (tertiary/aromatic N) is 4. The number of benzene rings is 1. The largest absolute Gasteiger partial charge is 0.363 e. The molecule has 4 heterocycles. The maximum Gasteiger partial charge on any atom is 0.163 e. The summed E-state index contributed by atoms with van der Waals surface area (Å²) in [6.07, 6.45) is 3.27. The van der Waals surface area contributed by atoms with Crippen LogP contribution in [-0.2, 0) is 0 Å². The Morgan fingerprint density at radius 2 is 1.97 bits per heavy atom. The lowest BCUT2D eigenvalue weighted by molar-refractivity contribution is 0.153. The minimum Gasteiger partial charge on any atom is -0.363 e. The highest BCUT2D eigenvalue weighted by molar-refractivity contribution is 7.20. The van der Waals surface area contributed by atoms with Gasteiger partial charge in [0.25, 0.3) is 0 Å². The molecule has 2 N–H and O–H groups in total. The van der Waals surface area contributed by atoms with Gasteiger partial charge in [-0.1, -0.05) is 30.3 Å². The predicted molar refractivity (Wildman–Crippen MR) is 130 cm³/mol. The van der Waals surface area contributed by atoms with Crippen LogP contribution in [0.3, 0.4) is 0 Å². The van der Waals surface area contributed by atoms with Crippen LogP contribution in [0.5, 0.6) is 0 Å². The number of allylic oxidation sites excluding steroid dienone is 1. The smallest absolute Gasteiger partial charge is 0.163 e. The van der Waals surface area contributed by atoms with E-state index < -0.39 is 0 Å². The van der Waals surface area contributed by atoms with Gasteiger partial charge in [0, 0.05) is 50.9 Å². The van der Waals surface area contributed by atoms with E-state index in [-0.39, 0.29) is 7.59 Å². The van der Waals surface area contributed by atoms with Crippen molar-refractivity contribution in [1.82, 2.24) is 15.1 Å². The maximum atomic E-state index is 4.98. The van der Waals surface area contributed by atoms with Crippen molar-refractivity contribution in [2.45, 2.75) is 19.5 Å². The summed E-state index contributed by atoms with van der Waals surface area (Å²) in [6, 6.07) is 12.9. The van der Waals surface area contributed by atoms with E-state index >= 15 is 0 Å². The Morgan fingerprint density at radius 1 is 1.17 bits per heavy atom. The highest BCUT2D eigenvalue weighted by Gasteiger charge is 2.36. The number of thiophene rings is 1. The second kappa shape index (κ2) is 8.41. The number of hydrogen-bond donors (Lipinski definition) is 2. The van der Waals surface area contributed by atoms with E-state index in [1.807, 2.05) is 11.3 Å². The molecule has 0 spiro atoms. The van der Waals surface area contributed by atoms with Gasteiger partial charge in [0.15, 0.2) is 6.17 Å². The first-order valence-corrected chi connectivity index (χ1v) is 11.6. The molecule has 160 valence electrons. The minimum atomic E-state index is 0. The van der Waals surface area contributed by atoms with Crippen molar-refractivity contribution in [3.63, 3.8) is 0 Å². The number of amidine groups is 1. The topological polar surface area (TPSA) is 46.1 Å². The van der Waals surface area contributed by atoms with Crippen LogP contribution in [-0.4, -0.2) is 68.1 Å². The van der Waals surface area contributed by atoms with Crippen molar-refractivity contribution < 1.29 is 1.43 Å². The first-order valence-electron chi connectivity index (χ1n) is 10.8. The molecule has 0 amide bonds. The van der Waals surface area contributed by atoms with Crippen LogP contribution in [0.1, 0.15) is 14.8 Å². The van der Waals surface area contributed by atoms with Gasteiger partial charge in [-0.05, 0) is 38.6 Å². The summed E-state index contributed by atoms with van der Waals surface area (Å²) >= 11 is 1.83. The Hall–Kier alpha value is -2.35. The summed E-state index contributed by atoms with van der Waals surface area (Å²) < 4.78 is 0. The zero-order chi connectivity index (χ0) is 20.5. The van der Waals surface area contributed by atoms with Crippen molar-refractivity contribution in [1.29, 1.82) is 0 Å². The third-order valence-electron chi connectivity index (χ3n) is 6.11. The van der Waals surface area contributed by atoms with Gasteiger partial charge in [-0.3, -0.25) is 4.99 Å². The van der Waals surface area contributed by atoms with Gasteiger partial charge in [-0.15, -0.1) is 11.3 Å². The first-order chi connectivity index (χ1) is 14.7. The molecular formula is C23H32N6S. The highest BCUT2D eigenvalue weighted by atomic mass is 32.1. The fourth-order valence-electron chi connectivity index (χ4n) is 4.32. The summed E-state index contributed by atoms with van der Waals surface area (Å²) in [6.45, 7) is 8.84. The Morgan fingerprint density at radius 3 is 2.77 bits per heavy atom. The SMILES string of the molecule is CC1=CNC2C(=NCCCN3CCN(C)CC3)Nc3cc(-c4ccccc4)sc3N12.[HH]. The second-order valence-corrected chi connectivity index (χ2v) is 9.34. The van der Waals surface area contributed by atoms with E-state index in [1.165, 1.54) is 47.3 Å². The molecule has 1 fully saturated rings. The zero-order valence-corrected chi connectivity index (χ0v) is 18.6. The van der Waals surface area contributed by atoms with Crippen molar-refractivity contribution >= 4 is 27.9 Å². The molecule has 0 saturated carbocycles. The van der Waals surface area contributed by atoms with E-state index in [9.17, 15) is 0 Å². The number of rotatable bonds is 5. The lowest BCUT2D eigenvalue weighted by atomic mass is 10.2. The molecule has 2 aromatic rings. The van der Waals surface area contributed by atoms with Gasteiger partial charge in [0.2, 0.25) is 0 Å². The number of fused-ring (bicyclic) bond motifs is 3. The molecule has 6 nitrogen and oxygen atoms in total. The molecule has 1 atom stereocenters. The number of anilines is 2. The van der Waals surface area contributed by atoms with Gasteiger partial charge >= 0.3 is 0 Å². The summed E-state index contributed by atoms with van der Waals surface area (Å²) in [5.41, 5.74) is 3.65. The normalized spacial score (nSPS) is 23.0. The highest BCUT2D eigenvalue weighted by Crippen LogP contribution is 2.46. The molecule has 3 aliphatic heterocycles. The van der Waals surface area contributed by atoms with Crippen LogP contribution in [0.15, 0.2) is 53.3 Å². The first kappa shape index (κ1) is 19.6. The van der Waals surface area contributed by atoms with E-state index in [2.05, 4.69) is 81.9 Å². The quantitative estimate of drug-likeness (QED) is 0.717. The molecule has 3 aliphatic rings. The summed E-state index contributed by atoms with van der Waals surface area (Å²) in [4.78, 5) is 13.6. The van der Waals surface area contributed by atoms with Gasteiger partial charge in [-0.2, -0.15) is 0 Å². The number of aliphatic imine (C=N–C) groups is 1. The fourth-order valence-corrected chi connectivity index (χ4v) is 5.52. The van der Waals surface area contributed by atoms with Crippen LogP contribution in [0.2, 0.25) is 0 Å². The predicted octanol–water partition coefficient (Wildman–Crippen LogP) is 3.72. The van der Waals surface area contributed by atoms with Crippen molar-refractivity contribution in [2.24, 2.45) is 4.99 Å². The Bertz CT molecular complexity index is 948. The lowest BCUT2D eigenvalue weighted by Gasteiger charge is -2.34. The number of piperazine rings is 1. The molecule has 7 heteroatoms. The number of likely N-dealkylation sites (N-methyl/N-ethyl adjacent to an activating group) is 1. The van der Waals surface area contributed by atoms with Gasteiger partial charge in [0.05, 0.1) is 5.69 Å². The Balaban J connectivity index is 0.00000231. The average molecular weight is 425 g/mol. The van der Waals surface area contributed by atoms with Crippen molar-refractivity contribution in [3.8, 4) is 10.4 Å². The van der Waals surface area contributed by atoms with Crippen molar-refractivity contribution in [3.05, 3.63) is 48.3 Å². The average Bonchev–Trinajstić information content (AvgIpc) is 3.37. The minimum absolute atomic E-state index is 0. The zero-order valence-electron chi connectivity index (χ0n) is 17.8. The summed E-state index contributed by atoms with van der Waals surface area (Å²) in [5.74, 6) is 1.02. The van der Waals surface area contributed by atoms with Crippen LogP contribution in [0.4, 0.5) is 10.7 Å². The standard InChI is InChI=1S/C23H30N6S.H2/c1-17-16-25-22-21(24-9-6-10-28-13-11-27(2)12-14-28)26-19-15-20(30-23(19)29(17)22)18-7-4-3-5-8-18;/h3-5,7-8,15-16,22,25H,6,9-14H2,1-2H3,(H,24,26);1H. The maximum absolute atomic E-state index is 4.98. The summed E-state index contributed by atoms with van der Waals surface area (Å²) in [7, 11) is 2.20. The van der Waals surface area contributed by atoms with Gasteiger partial charge < -0.3 is 25.3 Å². The monoisotopic (exact) mass is 424 g/mol. The van der Waals surface area contributed by atoms with Crippen LogP contribution in [0.25, 0.3) is 10.4 Å². The molecular weight excluding hydrogens is 392 g/mol. The van der Waals surface area contributed by atoms with Crippen LogP contribution in [0, 0.1) is 0 Å². The molecule has 1 saturated heterocycles. The molecule has 1 unspecified atom stereocenters. The second-order valence-electron chi connectivity index (χ2n) is 8.31. The molecule has 0 bridgehead atoms. The van der Waals surface area contributed by atoms with Crippen LogP contribution < -0.4 is 15.5 Å². The Labute approximate surface area is 184 Å². The molecule has 5 rings (SSSR count). The molecule has 0 aliphatic carbocycles. The van der Waals surface area contributed by atoms with Gasteiger partial charge in [0.1, 0.15) is 10.8 Å². The summed E-state index contributed by atoms with van der Waals surface area (Å²) in [5, 5.41) is 8.39. The Kier molecular flexibility index (Phi) is 5.50. The molecule has 30 heavy (non-hydrogen) atoms. The van der Waals surface area contributed by atoms with E-state index in [0.717, 1.165) is 31.0 Å². The van der Waals surface area contributed by atoms with E-state index in [0.29, 0.717) is 0 Å². The van der Waals surface area contributed by atoms with Gasteiger partial charge in [-0.25, -0.2) is 0 Å². The number of hydrogen-bond acceptors (Lipinski definition) is 6. The lowest BCUT2D eigenvalue weighted by Crippen LogP contribution is -2.49. The molecule has 1 aromatic carbocycles. The van der Waals surface area contributed by atoms with Crippen LogP contribution >= 0.6 is 11.3 Å².